The second-order valence-electron chi connectivity index (χ2n) is 4.79. The lowest BCUT2D eigenvalue weighted by molar-refractivity contribution is -0.130. The number of nitriles is 1. The van der Waals surface area contributed by atoms with Crippen LogP contribution < -0.4 is 4.74 Å². The van der Waals surface area contributed by atoms with E-state index in [0.29, 0.717) is 0 Å². The Balaban J connectivity index is 1.97. The SMILES string of the molecule is COc1ccc(SC(C)C(=O)N(CC#N)C2CC2)cc1. The zero-order valence-electron chi connectivity index (χ0n) is 11.7. The van der Waals surface area contributed by atoms with E-state index in [4.69, 9.17) is 10.00 Å². The van der Waals surface area contributed by atoms with Crippen LogP contribution in [0.2, 0.25) is 0 Å². The summed E-state index contributed by atoms with van der Waals surface area (Å²) in [6, 6.07) is 10.0. The molecular formula is C15H18N2O2S. The Labute approximate surface area is 123 Å². The van der Waals surface area contributed by atoms with Crippen LogP contribution in [0.5, 0.6) is 5.75 Å². The first-order valence-corrected chi connectivity index (χ1v) is 7.52. The topological polar surface area (TPSA) is 53.3 Å². The molecule has 1 aliphatic rings. The van der Waals surface area contributed by atoms with Crippen LogP contribution in [0.3, 0.4) is 0 Å². The molecule has 1 atom stereocenters. The minimum atomic E-state index is -0.183. The first-order valence-electron chi connectivity index (χ1n) is 6.64. The predicted molar refractivity (Wildman–Crippen MR) is 78.7 cm³/mol. The number of carbonyl (C=O) groups is 1. The maximum absolute atomic E-state index is 12.4. The Kier molecular flexibility index (Phi) is 4.91. The number of hydrogen-bond donors (Lipinski definition) is 0. The summed E-state index contributed by atoms with van der Waals surface area (Å²) in [4.78, 5) is 15.1. The highest BCUT2D eigenvalue weighted by atomic mass is 32.2. The molecule has 1 fully saturated rings. The third kappa shape index (κ3) is 3.67. The number of carbonyl (C=O) groups excluding carboxylic acids is 1. The molecule has 1 aromatic rings. The van der Waals surface area contributed by atoms with Gasteiger partial charge in [0.1, 0.15) is 12.3 Å². The third-order valence-corrected chi connectivity index (χ3v) is 4.33. The molecule has 0 aromatic heterocycles. The number of methoxy groups -OCH3 is 1. The number of hydrogen-bond acceptors (Lipinski definition) is 4. The van der Waals surface area contributed by atoms with Crippen molar-refractivity contribution in [3.05, 3.63) is 24.3 Å². The number of thioether (sulfide) groups is 1. The van der Waals surface area contributed by atoms with E-state index >= 15 is 0 Å². The van der Waals surface area contributed by atoms with Crippen molar-refractivity contribution in [2.45, 2.75) is 36.0 Å². The molecule has 20 heavy (non-hydrogen) atoms. The van der Waals surface area contributed by atoms with Crippen LogP contribution in [0, 0.1) is 11.3 Å². The van der Waals surface area contributed by atoms with Gasteiger partial charge in [0.05, 0.1) is 18.4 Å². The predicted octanol–water partition coefficient (Wildman–Crippen LogP) is 2.69. The molecule has 0 saturated heterocycles. The van der Waals surface area contributed by atoms with Crippen LogP contribution in [0.4, 0.5) is 0 Å². The van der Waals surface area contributed by atoms with Crippen molar-refractivity contribution in [2.75, 3.05) is 13.7 Å². The average Bonchev–Trinajstić information content (AvgIpc) is 3.29. The summed E-state index contributed by atoms with van der Waals surface area (Å²) < 4.78 is 5.11. The van der Waals surface area contributed by atoms with E-state index in [2.05, 4.69) is 6.07 Å². The van der Waals surface area contributed by atoms with Gasteiger partial charge in [-0.05, 0) is 44.0 Å². The van der Waals surface area contributed by atoms with Gasteiger partial charge in [0.15, 0.2) is 0 Å². The molecule has 1 aromatic carbocycles. The fourth-order valence-electron chi connectivity index (χ4n) is 1.99. The van der Waals surface area contributed by atoms with Crippen LogP contribution in [0.25, 0.3) is 0 Å². The molecule has 0 spiro atoms. The van der Waals surface area contributed by atoms with Gasteiger partial charge in [0.2, 0.25) is 5.91 Å². The Morgan fingerprint density at radius 1 is 1.50 bits per heavy atom. The largest absolute Gasteiger partial charge is 0.497 e. The molecule has 4 nitrogen and oxygen atoms in total. The van der Waals surface area contributed by atoms with Crippen molar-refractivity contribution in [3.63, 3.8) is 0 Å². The van der Waals surface area contributed by atoms with Crippen LogP contribution in [0.15, 0.2) is 29.2 Å². The highest BCUT2D eigenvalue weighted by Gasteiger charge is 2.34. The highest BCUT2D eigenvalue weighted by molar-refractivity contribution is 8.00. The molecule has 0 radical (unpaired) electrons. The van der Waals surface area contributed by atoms with E-state index in [1.165, 1.54) is 11.8 Å². The standard InChI is InChI=1S/C15H18N2O2S/c1-11(15(18)17(10-9-16)12-3-4-12)20-14-7-5-13(19-2)6-8-14/h5-8,11-12H,3-4,10H2,1-2H3. The lowest BCUT2D eigenvalue weighted by Gasteiger charge is -2.22. The van der Waals surface area contributed by atoms with Crippen molar-refractivity contribution in [2.24, 2.45) is 0 Å². The fourth-order valence-corrected chi connectivity index (χ4v) is 2.93. The fraction of sp³-hybridized carbons (Fsp3) is 0.467. The first kappa shape index (κ1) is 14.7. The summed E-state index contributed by atoms with van der Waals surface area (Å²) in [5.74, 6) is 0.854. The average molecular weight is 290 g/mol. The summed E-state index contributed by atoms with van der Waals surface area (Å²) >= 11 is 1.51. The summed E-state index contributed by atoms with van der Waals surface area (Å²) in [5, 5.41) is 8.64. The van der Waals surface area contributed by atoms with Gasteiger partial charge in [-0.1, -0.05) is 0 Å². The molecule has 2 rings (SSSR count). The van der Waals surface area contributed by atoms with Crippen LogP contribution in [-0.2, 0) is 4.79 Å². The molecule has 0 heterocycles. The number of amides is 1. The molecule has 1 unspecified atom stereocenters. The molecule has 0 bridgehead atoms. The van der Waals surface area contributed by atoms with Crippen molar-refractivity contribution in [1.82, 2.24) is 4.90 Å². The maximum Gasteiger partial charge on any atom is 0.236 e. The number of nitrogens with zero attached hydrogens (tertiary/aromatic N) is 2. The Morgan fingerprint density at radius 2 is 2.15 bits per heavy atom. The zero-order valence-corrected chi connectivity index (χ0v) is 12.5. The quantitative estimate of drug-likeness (QED) is 0.597. The third-order valence-electron chi connectivity index (χ3n) is 3.23. The number of rotatable bonds is 6. The Morgan fingerprint density at radius 3 is 2.65 bits per heavy atom. The molecule has 1 saturated carbocycles. The zero-order chi connectivity index (χ0) is 14.5. The summed E-state index contributed by atoms with van der Waals surface area (Å²) in [6.45, 7) is 2.08. The Hall–Kier alpha value is -1.67. The van der Waals surface area contributed by atoms with Gasteiger partial charge in [-0.25, -0.2) is 0 Å². The molecule has 0 N–H and O–H groups in total. The van der Waals surface area contributed by atoms with Gasteiger partial charge in [-0.3, -0.25) is 4.79 Å². The second kappa shape index (κ2) is 6.67. The van der Waals surface area contributed by atoms with Crippen molar-refractivity contribution < 1.29 is 9.53 Å². The lowest BCUT2D eigenvalue weighted by atomic mass is 10.3. The van der Waals surface area contributed by atoms with Crippen molar-refractivity contribution in [1.29, 1.82) is 5.26 Å². The molecule has 0 aliphatic heterocycles. The number of ether oxygens (including phenoxy) is 1. The van der Waals surface area contributed by atoms with Gasteiger partial charge < -0.3 is 9.64 Å². The van der Waals surface area contributed by atoms with E-state index < -0.39 is 0 Å². The molecular weight excluding hydrogens is 272 g/mol. The molecule has 5 heteroatoms. The number of benzene rings is 1. The lowest BCUT2D eigenvalue weighted by Crippen LogP contribution is -2.38. The minimum absolute atomic E-state index is 0.0508. The molecule has 106 valence electrons. The van der Waals surface area contributed by atoms with Gasteiger partial charge in [-0.2, -0.15) is 5.26 Å². The van der Waals surface area contributed by atoms with Crippen LogP contribution in [0.1, 0.15) is 19.8 Å². The molecule has 1 amide bonds. The van der Waals surface area contributed by atoms with Gasteiger partial charge in [0, 0.05) is 10.9 Å². The van der Waals surface area contributed by atoms with E-state index in [0.717, 1.165) is 23.5 Å². The van der Waals surface area contributed by atoms with Gasteiger partial charge >= 0.3 is 0 Å². The second-order valence-corrected chi connectivity index (χ2v) is 6.21. The van der Waals surface area contributed by atoms with E-state index in [1.54, 1.807) is 12.0 Å². The van der Waals surface area contributed by atoms with Gasteiger partial charge in [-0.15, -0.1) is 11.8 Å². The van der Waals surface area contributed by atoms with Gasteiger partial charge in [0.25, 0.3) is 0 Å². The smallest absolute Gasteiger partial charge is 0.236 e. The highest BCUT2D eigenvalue weighted by Crippen LogP contribution is 2.31. The van der Waals surface area contributed by atoms with Crippen molar-refractivity contribution >= 4 is 17.7 Å². The van der Waals surface area contributed by atoms with Crippen molar-refractivity contribution in [3.8, 4) is 11.8 Å². The normalized spacial score (nSPS) is 15.2. The summed E-state index contributed by atoms with van der Waals surface area (Å²) in [5.41, 5.74) is 0. The van der Waals surface area contributed by atoms with Crippen LogP contribution >= 0.6 is 11.8 Å². The summed E-state index contributed by atoms with van der Waals surface area (Å²) in [6.07, 6.45) is 2.04. The maximum atomic E-state index is 12.4. The summed E-state index contributed by atoms with van der Waals surface area (Å²) in [7, 11) is 1.63. The van der Waals surface area contributed by atoms with Crippen LogP contribution in [-0.4, -0.2) is 35.8 Å². The van der Waals surface area contributed by atoms with E-state index in [-0.39, 0.29) is 23.7 Å². The van der Waals surface area contributed by atoms with E-state index in [9.17, 15) is 4.79 Å². The first-order chi connectivity index (χ1) is 9.65. The monoisotopic (exact) mass is 290 g/mol. The Bertz CT molecular complexity index is 506. The molecule has 1 aliphatic carbocycles. The van der Waals surface area contributed by atoms with E-state index in [1.807, 2.05) is 31.2 Å². The minimum Gasteiger partial charge on any atom is -0.497 e.